The Hall–Kier alpha value is -2.85. The zero-order valence-corrected chi connectivity index (χ0v) is 19.8. The first kappa shape index (κ1) is 24.3. The molecule has 3 amide bonds. The summed E-state index contributed by atoms with van der Waals surface area (Å²) in [4.78, 5) is 46.2. The lowest BCUT2D eigenvalue weighted by Crippen LogP contribution is -2.62. The second-order valence-corrected chi connectivity index (χ2v) is 9.40. The Morgan fingerprint density at radius 1 is 0.941 bits per heavy atom. The fourth-order valence-corrected chi connectivity index (χ4v) is 5.31. The molecule has 1 aromatic carbocycles. The first-order valence-corrected chi connectivity index (χ1v) is 12.2. The molecule has 186 valence electrons. The summed E-state index contributed by atoms with van der Waals surface area (Å²) in [5.41, 5.74) is 2.84. The van der Waals surface area contributed by atoms with Crippen LogP contribution in [0.2, 0.25) is 0 Å². The quantitative estimate of drug-likeness (QED) is 0.499. The van der Waals surface area contributed by atoms with E-state index in [2.05, 4.69) is 17.0 Å². The molecule has 34 heavy (non-hydrogen) atoms. The highest BCUT2D eigenvalue weighted by atomic mass is 16.6. The van der Waals surface area contributed by atoms with E-state index < -0.39 is 24.0 Å². The fraction of sp³-hybridized carbons (Fsp3) is 0.625. The second-order valence-electron chi connectivity index (χ2n) is 9.40. The van der Waals surface area contributed by atoms with Crippen LogP contribution >= 0.6 is 0 Å². The molecule has 3 saturated heterocycles. The van der Waals surface area contributed by atoms with E-state index >= 15 is 0 Å². The van der Waals surface area contributed by atoms with Crippen LogP contribution in [0.5, 0.6) is 0 Å². The molecule has 3 fully saturated rings. The van der Waals surface area contributed by atoms with Crippen LogP contribution in [-0.2, 0) is 14.3 Å². The molecular weight excluding hydrogens is 438 g/mol. The van der Waals surface area contributed by atoms with Gasteiger partial charge in [-0.3, -0.25) is 19.7 Å². The number of hydrogen-bond donors (Lipinski definition) is 2. The smallest absolute Gasteiger partial charge is 0.410 e. The number of carbonyl (C=O) groups excluding carboxylic acids is 3. The van der Waals surface area contributed by atoms with Crippen molar-refractivity contribution in [2.45, 2.75) is 37.8 Å². The van der Waals surface area contributed by atoms with Crippen molar-refractivity contribution >= 4 is 23.6 Å². The molecule has 0 bridgehead atoms. The number of benzene rings is 1. The number of nitrogens with zero attached hydrogens (tertiary/aromatic N) is 4. The van der Waals surface area contributed by atoms with Crippen LogP contribution in [0, 0.1) is 5.92 Å². The number of nitrogens with one attached hydrogen (secondary N) is 1. The molecule has 1 aromatic rings. The molecule has 2 N–H and O–H groups in total. The van der Waals surface area contributed by atoms with Gasteiger partial charge in [0.25, 0.3) is 0 Å². The Balaban J connectivity index is 1.39. The maximum atomic E-state index is 13.5. The number of carbonyl (C=O) groups is 3. The van der Waals surface area contributed by atoms with Gasteiger partial charge in [0, 0.05) is 51.5 Å². The van der Waals surface area contributed by atoms with Gasteiger partial charge < -0.3 is 19.4 Å². The number of rotatable bonds is 4. The Kier molecular flexibility index (Phi) is 7.89. The molecule has 4 rings (SSSR count). The molecule has 10 heteroatoms. The summed E-state index contributed by atoms with van der Waals surface area (Å²) >= 11 is 0. The van der Waals surface area contributed by atoms with Crippen molar-refractivity contribution in [3.05, 3.63) is 30.3 Å². The van der Waals surface area contributed by atoms with E-state index in [1.165, 1.54) is 0 Å². The summed E-state index contributed by atoms with van der Waals surface area (Å²) in [6.07, 6.45) is 2.32. The minimum Gasteiger partial charge on any atom is -0.445 e. The Labute approximate surface area is 200 Å². The van der Waals surface area contributed by atoms with Gasteiger partial charge in [0.05, 0.1) is 5.92 Å². The minimum atomic E-state index is -0.817. The number of piperidine rings is 2. The van der Waals surface area contributed by atoms with Crippen molar-refractivity contribution in [1.82, 2.24) is 20.2 Å². The van der Waals surface area contributed by atoms with Crippen molar-refractivity contribution in [1.29, 1.82) is 0 Å². The van der Waals surface area contributed by atoms with E-state index in [1.54, 1.807) is 27.2 Å². The van der Waals surface area contributed by atoms with E-state index in [-0.39, 0.29) is 18.4 Å². The highest BCUT2D eigenvalue weighted by Crippen LogP contribution is 2.28. The lowest BCUT2D eigenvalue weighted by molar-refractivity contribution is -0.152. The molecular formula is C24H35N5O5. The van der Waals surface area contributed by atoms with Crippen LogP contribution in [0.4, 0.5) is 10.5 Å². The Morgan fingerprint density at radius 2 is 1.62 bits per heavy atom. The van der Waals surface area contributed by atoms with Crippen molar-refractivity contribution in [3.8, 4) is 0 Å². The molecule has 10 nitrogen and oxygen atoms in total. The molecule has 0 radical (unpaired) electrons. The van der Waals surface area contributed by atoms with Gasteiger partial charge in [-0.1, -0.05) is 18.2 Å². The molecule has 3 atom stereocenters. The molecule has 0 aromatic heterocycles. The van der Waals surface area contributed by atoms with E-state index in [0.29, 0.717) is 45.8 Å². The monoisotopic (exact) mass is 473 g/mol. The molecule has 0 spiro atoms. The summed E-state index contributed by atoms with van der Waals surface area (Å²) in [6.45, 7) is 4.24. The molecule has 3 heterocycles. The van der Waals surface area contributed by atoms with E-state index in [9.17, 15) is 19.6 Å². The summed E-state index contributed by atoms with van der Waals surface area (Å²) in [5.74, 6) is -1.58. The van der Waals surface area contributed by atoms with Gasteiger partial charge in [0.1, 0.15) is 12.1 Å². The number of amides is 3. The predicted molar refractivity (Wildman–Crippen MR) is 125 cm³/mol. The number of piperazine rings is 1. The van der Waals surface area contributed by atoms with Crippen molar-refractivity contribution in [3.63, 3.8) is 0 Å². The molecule has 0 aliphatic carbocycles. The third-order valence-corrected chi connectivity index (χ3v) is 7.16. The highest BCUT2D eigenvalue weighted by molar-refractivity contribution is 5.90. The SMILES string of the molecule is CN1CC(OC(=O)N2CCCCC2)CC(C(=O)NO)[C@H]1C(=O)N1CCN(c2ccccc2)CC1. The number of para-hydroxylation sites is 1. The number of likely N-dealkylation sites (N-methyl/N-ethyl adjacent to an activating group) is 1. The first-order chi connectivity index (χ1) is 16.5. The van der Waals surface area contributed by atoms with Crippen molar-refractivity contribution in [2.24, 2.45) is 5.92 Å². The van der Waals surface area contributed by atoms with Crippen LogP contribution in [-0.4, -0.2) is 103 Å². The maximum absolute atomic E-state index is 13.5. The number of hydroxylamine groups is 1. The summed E-state index contributed by atoms with van der Waals surface area (Å²) in [7, 11) is 1.77. The summed E-state index contributed by atoms with van der Waals surface area (Å²) in [6, 6.07) is 9.36. The average Bonchev–Trinajstić information content (AvgIpc) is 2.88. The van der Waals surface area contributed by atoms with E-state index in [1.807, 2.05) is 18.2 Å². The van der Waals surface area contributed by atoms with Gasteiger partial charge in [-0.15, -0.1) is 0 Å². The fourth-order valence-electron chi connectivity index (χ4n) is 5.31. The number of ether oxygens (including phenoxy) is 1. The van der Waals surface area contributed by atoms with Gasteiger partial charge >= 0.3 is 6.09 Å². The van der Waals surface area contributed by atoms with Gasteiger partial charge in [-0.2, -0.15) is 0 Å². The lowest BCUT2D eigenvalue weighted by Gasteiger charge is -2.44. The molecule has 0 saturated carbocycles. The topological polar surface area (TPSA) is 106 Å². The van der Waals surface area contributed by atoms with Crippen LogP contribution in [0.15, 0.2) is 30.3 Å². The van der Waals surface area contributed by atoms with Gasteiger partial charge in [0.15, 0.2) is 0 Å². The van der Waals surface area contributed by atoms with Crippen LogP contribution in [0.1, 0.15) is 25.7 Å². The maximum Gasteiger partial charge on any atom is 0.410 e. The molecule has 2 unspecified atom stereocenters. The number of anilines is 1. The van der Waals surface area contributed by atoms with Crippen LogP contribution < -0.4 is 10.4 Å². The number of likely N-dealkylation sites (tertiary alicyclic amines) is 2. The summed E-state index contributed by atoms with van der Waals surface area (Å²) < 4.78 is 5.71. The van der Waals surface area contributed by atoms with E-state index in [0.717, 1.165) is 24.9 Å². The number of hydrogen-bond acceptors (Lipinski definition) is 7. The zero-order valence-electron chi connectivity index (χ0n) is 19.8. The van der Waals surface area contributed by atoms with Crippen molar-refractivity contribution in [2.75, 3.05) is 57.8 Å². The largest absolute Gasteiger partial charge is 0.445 e. The normalized spacial score (nSPS) is 26.2. The van der Waals surface area contributed by atoms with E-state index in [4.69, 9.17) is 4.74 Å². The Bertz CT molecular complexity index is 855. The lowest BCUT2D eigenvalue weighted by atomic mass is 9.86. The third-order valence-electron chi connectivity index (χ3n) is 7.16. The Morgan fingerprint density at radius 3 is 2.26 bits per heavy atom. The zero-order chi connectivity index (χ0) is 24.1. The average molecular weight is 474 g/mol. The standard InChI is InChI=1S/C24H35N5O5/c1-26-17-19(34-24(32)29-10-6-3-7-11-29)16-20(22(30)25-33)21(26)23(31)28-14-12-27(13-15-28)18-8-4-2-5-9-18/h2,4-5,8-9,19-21,33H,3,6-7,10-17H2,1H3,(H,25,30)/t19?,20?,21-/m0/s1. The minimum absolute atomic E-state index is 0.135. The summed E-state index contributed by atoms with van der Waals surface area (Å²) in [5, 5.41) is 9.35. The third kappa shape index (κ3) is 5.44. The molecule has 3 aliphatic heterocycles. The first-order valence-electron chi connectivity index (χ1n) is 12.2. The molecule has 3 aliphatic rings. The predicted octanol–water partition coefficient (Wildman–Crippen LogP) is 1.15. The van der Waals surface area contributed by atoms with Crippen LogP contribution in [0.25, 0.3) is 0 Å². The van der Waals surface area contributed by atoms with Crippen molar-refractivity contribution < 1.29 is 24.3 Å². The van der Waals surface area contributed by atoms with Gasteiger partial charge in [-0.25, -0.2) is 10.3 Å². The van der Waals surface area contributed by atoms with Gasteiger partial charge in [-0.05, 0) is 44.9 Å². The second kappa shape index (κ2) is 11.1. The highest BCUT2D eigenvalue weighted by Gasteiger charge is 2.45. The van der Waals surface area contributed by atoms with Gasteiger partial charge in [0.2, 0.25) is 11.8 Å². The van der Waals surface area contributed by atoms with Crippen LogP contribution in [0.3, 0.4) is 0 Å².